The number of thiophene rings is 1. The Bertz CT molecular complexity index is 1030. The first-order valence-corrected chi connectivity index (χ1v) is 11.6. The van der Waals surface area contributed by atoms with Gasteiger partial charge < -0.3 is 15.0 Å². The van der Waals surface area contributed by atoms with E-state index in [9.17, 15) is 18.0 Å². The first-order valence-electron chi connectivity index (χ1n) is 9.26. The van der Waals surface area contributed by atoms with Crippen LogP contribution in [0.5, 0.6) is 5.75 Å². The molecule has 1 fully saturated rings. The van der Waals surface area contributed by atoms with E-state index >= 15 is 0 Å². The van der Waals surface area contributed by atoms with Crippen molar-refractivity contribution in [3.05, 3.63) is 40.6 Å². The van der Waals surface area contributed by atoms with E-state index in [-0.39, 0.29) is 29.8 Å². The largest absolute Gasteiger partial charge is 0.479 e. The first-order chi connectivity index (χ1) is 13.8. The van der Waals surface area contributed by atoms with E-state index in [1.54, 1.807) is 17.9 Å². The van der Waals surface area contributed by atoms with Crippen LogP contribution in [0.1, 0.15) is 11.8 Å². The number of nitrogens with zero attached hydrogens (tertiary/aromatic N) is 2. The lowest BCUT2D eigenvalue weighted by Gasteiger charge is -2.34. The minimum Gasteiger partial charge on any atom is -0.479 e. The molecule has 3 heterocycles. The summed E-state index contributed by atoms with van der Waals surface area (Å²) in [4.78, 5) is 27.0. The lowest BCUT2D eigenvalue weighted by Crippen LogP contribution is -2.50. The highest BCUT2D eigenvalue weighted by Gasteiger charge is 2.32. The minimum absolute atomic E-state index is 0.00672. The minimum atomic E-state index is -3.74. The Labute approximate surface area is 173 Å². The Hall–Kier alpha value is -2.43. The summed E-state index contributed by atoms with van der Waals surface area (Å²) in [6.45, 7) is 2.80. The van der Waals surface area contributed by atoms with Crippen LogP contribution in [-0.4, -0.2) is 61.7 Å². The van der Waals surface area contributed by atoms with Crippen LogP contribution in [-0.2, 0) is 26.0 Å². The summed E-state index contributed by atoms with van der Waals surface area (Å²) in [6.07, 6.45) is -0.280. The van der Waals surface area contributed by atoms with Crippen LogP contribution in [0.15, 0.2) is 40.6 Å². The van der Waals surface area contributed by atoms with Gasteiger partial charge in [-0.2, -0.15) is 4.31 Å². The summed E-state index contributed by atoms with van der Waals surface area (Å²) in [5, 5.41) is 4.60. The van der Waals surface area contributed by atoms with Gasteiger partial charge in [0, 0.05) is 31.1 Å². The molecule has 1 saturated heterocycles. The van der Waals surface area contributed by atoms with Gasteiger partial charge in [0.2, 0.25) is 15.9 Å². The average Bonchev–Trinajstić information content (AvgIpc) is 3.21. The predicted molar refractivity (Wildman–Crippen MR) is 109 cm³/mol. The van der Waals surface area contributed by atoms with Gasteiger partial charge >= 0.3 is 0 Å². The second kappa shape index (κ2) is 7.77. The Morgan fingerprint density at radius 2 is 2.00 bits per heavy atom. The van der Waals surface area contributed by atoms with Crippen LogP contribution in [0.25, 0.3) is 0 Å². The van der Waals surface area contributed by atoms with Crippen molar-refractivity contribution in [1.82, 2.24) is 9.21 Å². The van der Waals surface area contributed by atoms with Crippen molar-refractivity contribution in [2.24, 2.45) is 0 Å². The summed E-state index contributed by atoms with van der Waals surface area (Å²) in [7, 11) is -3.74. The number of fused-ring (bicyclic) bond motifs is 1. The van der Waals surface area contributed by atoms with Crippen molar-refractivity contribution in [3.8, 4) is 5.75 Å². The molecule has 1 atom stereocenters. The number of hydrogen-bond donors (Lipinski definition) is 1. The van der Waals surface area contributed by atoms with Crippen LogP contribution in [0, 0.1) is 0 Å². The SMILES string of the molecule is C[C@H]1Oc2ccc(S(=O)(=O)N3CCN(C(=O)Cc4cccs4)CC3)cc2NC1=O. The topological polar surface area (TPSA) is 96.0 Å². The van der Waals surface area contributed by atoms with E-state index in [1.165, 1.54) is 27.8 Å². The fraction of sp³-hybridized carbons (Fsp3) is 0.368. The third kappa shape index (κ3) is 4.00. The Kier molecular flexibility index (Phi) is 5.32. The molecule has 29 heavy (non-hydrogen) atoms. The summed E-state index contributed by atoms with van der Waals surface area (Å²) < 4.78 is 32.9. The van der Waals surface area contributed by atoms with Crippen molar-refractivity contribution in [2.75, 3.05) is 31.5 Å². The summed E-state index contributed by atoms with van der Waals surface area (Å²) in [6, 6.07) is 8.28. The third-order valence-corrected chi connectivity index (χ3v) is 7.79. The number of amides is 2. The molecular formula is C19H21N3O5S2. The molecule has 0 radical (unpaired) electrons. The fourth-order valence-electron chi connectivity index (χ4n) is 3.35. The van der Waals surface area contributed by atoms with Crippen molar-refractivity contribution >= 4 is 38.9 Å². The maximum atomic E-state index is 13.0. The standard InChI is InChI=1S/C19H21N3O5S2/c1-13-19(24)20-16-12-15(4-5-17(16)27-13)29(25,26)22-8-6-21(7-9-22)18(23)11-14-3-2-10-28-14/h2-5,10,12-13H,6-9,11H2,1H3,(H,20,24)/t13-/m1/s1. The number of carbonyl (C=O) groups excluding carboxylic acids is 2. The second-order valence-corrected chi connectivity index (χ2v) is 9.92. The number of benzene rings is 1. The maximum absolute atomic E-state index is 13.0. The van der Waals surface area contributed by atoms with Crippen LogP contribution in [0.4, 0.5) is 5.69 Å². The molecule has 0 bridgehead atoms. The van der Waals surface area contributed by atoms with E-state index in [1.807, 2.05) is 17.5 Å². The number of hydrogen-bond acceptors (Lipinski definition) is 6. The highest BCUT2D eigenvalue weighted by molar-refractivity contribution is 7.89. The lowest BCUT2D eigenvalue weighted by atomic mass is 10.2. The third-order valence-electron chi connectivity index (χ3n) is 5.02. The number of rotatable bonds is 4. The van der Waals surface area contributed by atoms with Crippen LogP contribution < -0.4 is 10.1 Å². The molecule has 0 spiro atoms. The molecule has 2 aliphatic rings. The van der Waals surface area contributed by atoms with Crippen molar-refractivity contribution < 1.29 is 22.7 Å². The fourth-order valence-corrected chi connectivity index (χ4v) is 5.49. The quantitative estimate of drug-likeness (QED) is 0.786. The predicted octanol–water partition coefficient (Wildman–Crippen LogP) is 1.54. The Morgan fingerprint density at radius 1 is 1.24 bits per heavy atom. The highest BCUT2D eigenvalue weighted by Crippen LogP contribution is 2.33. The number of anilines is 1. The van der Waals surface area contributed by atoms with E-state index in [4.69, 9.17) is 4.74 Å². The van der Waals surface area contributed by atoms with Crippen LogP contribution in [0.3, 0.4) is 0 Å². The summed E-state index contributed by atoms with van der Waals surface area (Å²) in [5.41, 5.74) is 0.346. The van der Waals surface area contributed by atoms with Gasteiger partial charge in [0.25, 0.3) is 5.91 Å². The average molecular weight is 436 g/mol. The number of carbonyl (C=O) groups is 2. The molecule has 8 nitrogen and oxygen atoms in total. The molecule has 0 saturated carbocycles. The van der Waals surface area contributed by atoms with Gasteiger partial charge in [0.05, 0.1) is 17.0 Å². The van der Waals surface area contributed by atoms with E-state index in [2.05, 4.69) is 5.32 Å². The second-order valence-electron chi connectivity index (χ2n) is 6.95. The van der Waals surface area contributed by atoms with Crippen molar-refractivity contribution in [1.29, 1.82) is 0 Å². The monoisotopic (exact) mass is 435 g/mol. The zero-order valence-electron chi connectivity index (χ0n) is 15.8. The number of nitrogens with one attached hydrogen (secondary N) is 1. The molecule has 154 valence electrons. The van der Waals surface area contributed by atoms with Gasteiger partial charge in [-0.05, 0) is 36.6 Å². The highest BCUT2D eigenvalue weighted by atomic mass is 32.2. The molecule has 0 unspecified atom stereocenters. The number of ether oxygens (including phenoxy) is 1. The van der Waals surface area contributed by atoms with Crippen molar-refractivity contribution in [2.45, 2.75) is 24.3 Å². The zero-order chi connectivity index (χ0) is 20.6. The molecule has 2 aromatic rings. The molecule has 1 N–H and O–H groups in total. The Morgan fingerprint density at radius 3 is 2.69 bits per heavy atom. The van der Waals surface area contributed by atoms with Gasteiger partial charge in [-0.25, -0.2) is 8.42 Å². The number of sulfonamides is 1. The van der Waals surface area contributed by atoms with Gasteiger partial charge in [0.1, 0.15) is 5.75 Å². The normalized spacial score (nSPS) is 20.0. The maximum Gasteiger partial charge on any atom is 0.265 e. The molecule has 1 aromatic carbocycles. The van der Waals surface area contributed by atoms with E-state index in [0.29, 0.717) is 30.9 Å². The van der Waals surface area contributed by atoms with Gasteiger partial charge in [0.15, 0.2) is 6.10 Å². The molecule has 4 rings (SSSR count). The molecular weight excluding hydrogens is 414 g/mol. The van der Waals surface area contributed by atoms with Gasteiger partial charge in [-0.3, -0.25) is 9.59 Å². The zero-order valence-corrected chi connectivity index (χ0v) is 17.5. The number of piperazine rings is 1. The molecule has 2 amide bonds. The summed E-state index contributed by atoms with van der Waals surface area (Å²) >= 11 is 1.53. The van der Waals surface area contributed by atoms with Gasteiger partial charge in [-0.1, -0.05) is 6.07 Å². The van der Waals surface area contributed by atoms with Crippen LogP contribution in [0.2, 0.25) is 0 Å². The van der Waals surface area contributed by atoms with Gasteiger partial charge in [-0.15, -0.1) is 11.3 Å². The smallest absolute Gasteiger partial charge is 0.265 e. The molecule has 0 aliphatic carbocycles. The molecule has 1 aromatic heterocycles. The Balaban J connectivity index is 1.43. The van der Waals surface area contributed by atoms with E-state index < -0.39 is 16.1 Å². The first kappa shape index (κ1) is 19.9. The lowest BCUT2D eigenvalue weighted by molar-refractivity contribution is -0.131. The summed E-state index contributed by atoms with van der Waals surface area (Å²) in [5.74, 6) is 0.136. The van der Waals surface area contributed by atoms with E-state index in [0.717, 1.165) is 4.88 Å². The van der Waals surface area contributed by atoms with Crippen molar-refractivity contribution in [3.63, 3.8) is 0 Å². The molecule has 10 heteroatoms. The van der Waals surface area contributed by atoms with Crippen LogP contribution >= 0.6 is 11.3 Å². The molecule has 2 aliphatic heterocycles.